The van der Waals surface area contributed by atoms with Gasteiger partial charge in [-0.05, 0) is 38.1 Å². The van der Waals surface area contributed by atoms with Crippen LogP contribution in [0.4, 0.5) is 4.79 Å². The number of urea groups is 1. The largest absolute Gasteiger partial charge is 0.480 e. The van der Waals surface area contributed by atoms with Crippen molar-refractivity contribution in [3.63, 3.8) is 0 Å². The van der Waals surface area contributed by atoms with E-state index in [0.29, 0.717) is 0 Å². The highest BCUT2D eigenvalue weighted by Gasteiger charge is 2.34. The van der Waals surface area contributed by atoms with Crippen LogP contribution >= 0.6 is 0 Å². The summed E-state index contributed by atoms with van der Waals surface area (Å²) in [7, 11) is 0. The van der Waals surface area contributed by atoms with Crippen molar-refractivity contribution in [3.05, 3.63) is 0 Å². The Bertz CT molecular complexity index is 404. The molecule has 0 bridgehead atoms. The number of hydrogen-bond acceptors (Lipinski definition) is 3. The molecule has 6 nitrogen and oxygen atoms in total. The lowest BCUT2D eigenvalue weighted by Gasteiger charge is -2.42. The van der Waals surface area contributed by atoms with Crippen molar-refractivity contribution in [2.45, 2.75) is 76.8 Å². The summed E-state index contributed by atoms with van der Waals surface area (Å²) in [6, 6.07) is 0.377. The summed E-state index contributed by atoms with van der Waals surface area (Å²) in [6.07, 6.45) is 10.8. The van der Waals surface area contributed by atoms with Gasteiger partial charge in [0.1, 0.15) is 0 Å². The van der Waals surface area contributed by atoms with Gasteiger partial charge in [-0.15, -0.1) is 0 Å². The lowest BCUT2D eigenvalue weighted by molar-refractivity contribution is -0.139. The summed E-state index contributed by atoms with van der Waals surface area (Å²) in [5.74, 6) is 0.0780. The van der Waals surface area contributed by atoms with Crippen molar-refractivity contribution >= 4 is 12.0 Å². The van der Waals surface area contributed by atoms with Crippen molar-refractivity contribution < 1.29 is 14.7 Å². The molecule has 0 aromatic rings. The van der Waals surface area contributed by atoms with Crippen LogP contribution in [0.1, 0.15) is 64.7 Å². The van der Waals surface area contributed by atoms with Gasteiger partial charge in [0, 0.05) is 18.6 Å². The fourth-order valence-corrected chi connectivity index (χ4v) is 3.98. The summed E-state index contributed by atoms with van der Waals surface area (Å²) >= 11 is 0. The maximum absolute atomic E-state index is 11.9. The second kappa shape index (κ2) is 9.87. The topological polar surface area (TPSA) is 81.7 Å². The normalized spacial score (nSPS) is 24.4. The van der Waals surface area contributed by atoms with Gasteiger partial charge in [0.15, 0.2) is 0 Å². The first-order valence-electron chi connectivity index (χ1n) is 9.58. The number of nitrogens with one attached hydrogen (secondary N) is 2. The van der Waals surface area contributed by atoms with Gasteiger partial charge in [-0.25, -0.2) is 4.79 Å². The molecule has 2 fully saturated rings. The molecule has 0 saturated heterocycles. The zero-order valence-corrected chi connectivity index (χ0v) is 14.9. The molecule has 2 amide bonds. The Morgan fingerprint density at radius 2 is 1.88 bits per heavy atom. The molecule has 0 atom stereocenters. The average Bonchev–Trinajstić information content (AvgIpc) is 2.53. The van der Waals surface area contributed by atoms with Crippen LogP contribution in [0.3, 0.4) is 0 Å². The second-order valence-electron chi connectivity index (χ2n) is 7.33. The monoisotopic (exact) mass is 339 g/mol. The van der Waals surface area contributed by atoms with Crippen molar-refractivity contribution in [1.82, 2.24) is 15.5 Å². The molecule has 0 aromatic heterocycles. The predicted molar refractivity (Wildman–Crippen MR) is 94.0 cm³/mol. The van der Waals surface area contributed by atoms with Crippen molar-refractivity contribution in [1.29, 1.82) is 0 Å². The maximum Gasteiger partial charge on any atom is 0.317 e. The molecule has 2 rings (SSSR count). The molecule has 2 saturated carbocycles. The Hall–Kier alpha value is -1.30. The van der Waals surface area contributed by atoms with Gasteiger partial charge in [-0.3, -0.25) is 9.69 Å². The highest BCUT2D eigenvalue weighted by molar-refractivity contribution is 5.74. The Kier molecular flexibility index (Phi) is 7.82. The first kappa shape index (κ1) is 19.0. The van der Waals surface area contributed by atoms with E-state index < -0.39 is 5.97 Å². The number of nitrogens with zero attached hydrogens (tertiary/aromatic N) is 1. The van der Waals surface area contributed by atoms with Crippen LogP contribution in [0.25, 0.3) is 0 Å². The minimum Gasteiger partial charge on any atom is -0.480 e. The molecule has 0 spiro atoms. The highest BCUT2D eigenvalue weighted by Crippen LogP contribution is 2.27. The summed E-state index contributed by atoms with van der Waals surface area (Å²) in [5, 5.41) is 14.8. The van der Waals surface area contributed by atoms with Gasteiger partial charge < -0.3 is 15.7 Å². The third-order valence-corrected chi connectivity index (χ3v) is 5.51. The van der Waals surface area contributed by atoms with E-state index in [1.165, 1.54) is 38.5 Å². The Morgan fingerprint density at radius 1 is 1.17 bits per heavy atom. The number of rotatable bonds is 9. The number of carbonyl (C=O) groups is 2. The van der Waals surface area contributed by atoms with Gasteiger partial charge in [0.2, 0.25) is 0 Å². The summed E-state index contributed by atoms with van der Waals surface area (Å²) in [4.78, 5) is 24.7. The molecule has 0 unspecified atom stereocenters. The SMILES string of the molecule is CCN(CC(=O)O)C1CC(NC(=O)NCCCC2CCCCC2)C1. The number of likely N-dealkylation sites (N-methyl/N-ethyl adjacent to an activating group) is 1. The van der Waals surface area contributed by atoms with Crippen LogP contribution in [-0.4, -0.2) is 53.7 Å². The maximum atomic E-state index is 11.9. The van der Waals surface area contributed by atoms with E-state index in [1.807, 2.05) is 11.8 Å². The molecule has 0 heterocycles. The summed E-state index contributed by atoms with van der Waals surface area (Å²) in [5.41, 5.74) is 0. The molecule has 2 aliphatic rings. The van der Waals surface area contributed by atoms with Crippen LogP contribution in [0, 0.1) is 5.92 Å². The summed E-state index contributed by atoms with van der Waals surface area (Å²) < 4.78 is 0. The first-order valence-corrected chi connectivity index (χ1v) is 9.58. The smallest absolute Gasteiger partial charge is 0.317 e. The number of aliphatic carboxylic acids is 1. The van der Waals surface area contributed by atoms with Gasteiger partial charge in [-0.2, -0.15) is 0 Å². The molecule has 24 heavy (non-hydrogen) atoms. The average molecular weight is 339 g/mol. The van der Waals surface area contributed by atoms with Crippen LogP contribution in [0.15, 0.2) is 0 Å². The molecule has 0 aromatic carbocycles. The Balaban J connectivity index is 1.51. The van der Waals surface area contributed by atoms with E-state index in [9.17, 15) is 9.59 Å². The fraction of sp³-hybridized carbons (Fsp3) is 0.889. The minimum atomic E-state index is -0.788. The van der Waals surface area contributed by atoms with Gasteiger partial charge in [0.25, 0.3) is 0 Å². The Morgan fingerprint density at radius 3 is 2.50 bits per heavy atom. The van der Waals surface area contributed by atoms with Crippen LogP contribution in [0.2, 0.25) is 0 Å². The van der Waals surface area contributed by atoms with E-state index >= 15 is 0 Å². The quantitative estimate of drug-likeness (QED) is 0.564. The number of carbonyl (C=O) groups excluding carboxylic acids is 1. The van der Waals surface area contributed by atoms with Crippen LogP contribution in [-0.2, 0) is 4.79 Å². The second-order valence-corrected chi connectivity index (χ2v) is 7.33. The van der Waals surface area contributed by atoms with Crippen LogP contribution in [0.5, 0.6) is 0 Å². The lowest BCUT2D eigenvalue weighted by Crippen LogP contribution is -2.56. The lowest BCUT2D eigenvalue weighted by atomic mass is 9.85. The zero-order chi connectivity index (χ0) is 17.4. The first-order chi connectivity index (χ1) is 11.6. The van der Waals surface area contributed by atoms with E-state index in [0.717, 1.165) is 38.3 Å². The molecule has 138 valence electrons. The third-order valence-electron chi connectivity index (χ3n) is 5.51. The van der Waals surface area contributed by atoms with Gasteiger partial charge >= 0.3 is 12.0 Å². The van der Waals surface area contributed by atoms with Gasteiger partial charge in [-0.1, -0.05) is 39.0 Å². The van der Waals surface area contributed by atoms with Crippen molar-refractivity contribution in [2.75, 3.05) is 19.6 Å². The highest BCUT2D eigenvalue weighted by atomic mass is 16.4. The molecular formula is C18H33N3O3. The third kappa shape index (κ3) is 6.30. The zero-order valence-electron chi connectivity index (χ0n) is 14.9. The van der Waals surface area contributed by atoms with Crippen molar-refractivity contribution in [3.8, 4) is 0 Å². The molecule has 0 radical (unpaired) electrons. The number of carboxylic acid groups (broad SMARTS) is 1. The number of amides is 2. The molecule has 6 heteroatoms. The molecule has 3 N–H and O–H groups in total. The van der Waals surface area contributed by atoms with Crippen LogP contribution < -0.4 is 10.6 Å². The molecule has 0 aliphatic heterocycles. The predicted octanol–water partition coefficient (Wildman–Crippen LogP) is 2.58. The number of carboxylic acids is 1. The van der Waals surface area contributed by atoms with E-state index in [2.05, 4.69) is 10.6 Å². The minimum absolute atomic E-state index is 0.0802. The fourth-order valence-electron chi connectivity index (χ4n) is 3.98. The number of hydrogen-bond donors (Lipinski definition) is 3. The Labute approximate surface area is 145 Å². The molecular weight excluding hydrogens is 306 g/mol. The molecule has 2 aliphatic carbocycles. The van der Waals surface area contributed by atoms with Gasteiger partial charge in [0.05, 0.1) is 6.54 Å². The van der Waals surface area contributed by atoms with E-state index in [-0.39, 0.29) is 24.7 Å². The van der Waals surface area contributed by atoms with E-state index in [4.69, 9.17) is 5.11 Å². The van der Waals surface area contributed by atoms with Crippen molar-refractivity contribution in [2.24, 2.45) is 5.92 Å². The van der Waals surface area contributed by atoms with E-state index in [1.54, 1.807) is 0 Å². The summed E-state index contributed by atoms with van der Waals surface area (Å²) in [6.45, 7) is 3.54. The standard InChI is InChI=1S/C18H33N3O3/c1-2-21(13-17(22)23)16-11-15(12-16)20-18(24)19-10-6-9-14-7-4-3-5-8-14/h14-16H,2-13H2,1H3,(H,22,23)(H2,19,20,24).